The van der Waals surface area contributed by atoms with Crippen molar-refractivity contribution >= 4 is 23.2 Å². The van der Waals surface area contributed by atoms with E-state index in [9.17, 15) is 0 Å². The molecule has 1 aromatic rings. The predicted molar refractivity (Wildman–Crippen MR) is 75.0 cm³/mol. The van der Waals surface area contributed by atoms with Crippen LogP contribution in [-0.2, 0) is 6.42 Å². The molecule has 2 rings (SSSR count). The van der Waals surface area contributed by atoms with Crippen molar-refractivity contribution in [2.75, 3.05) is 7.05 Å². The molecule has 1 saturated carbocycles. The maximum absolute atomic E-state index is 6.22. The highest BCUT2D eigenvalue weighted by molar-refractivity contribution is 6.35. The molecule has 0 radical (unpaired) electrons. The highest BCUT2D eigenvalue weighted by Gasteiger charge is 2.22. The molecule has 17 heavy (non-hydrogen) atoms. The molecule has 1 nitrogen and oxygen atoms in total. The molecular formula is C14H19Cl2N. The van der Waals surface area contributed by atoms with Gasteiger partial charge in [-0.1, -0.05) is 42.1 Å². The summed E-state index contributed by atoms with van der Waals surface area (Å²) in [5.74, 6) is 0.707. The van der Waals surface area contributed by atoms with Crippen molar-refractivity contribution in [1.29, 1.82) is 0 Å². The zero-order valence-electron chi connectivity index (χ0n) is 10.2. The van der Waals surface area contributed by atoms with Crippen molar-refractivity contribution in [3.8, 4) is 0 Å². The highest BCUT2D eigenvalue weighted by Crippen LogP contribution is 2.32. The fourth-order valence-corrected chi connectivity index (χ4v) is 3.31. The third-order valence-electron chi connectivity index (χ3n) is 3.75. The van der Waals surface area contributed by atoms with Crippen LogP contribution in [0.25, 0.3) is 0 Å². The molecule has 0 bridgehead atoms. The summed E-state index contributed by atoms with van der Waals surface area (Å²) in [6.45, 7) is 0. The van der Waals surface area contributed by atoms with Crippen LogP contribution < -0.4 is 5.32 Å². The van der Waals surface area contributed by atoms with Crippen LogP contribution in [0.15, 0.2) is 18.2 Å². The SMILES string of the molecule is CNC1CCCC(Cc2c(Cl)cccc2Cl)C1. The van der Waals surface area contributed by atoms with Gasteiger partial charge < -0.3 is 5.32 Å². The van der Waals surface area contributed by atoms with Crippen LogP contribution in [0.2, 0.25) is 10.0 Å². The second-order valence-corrected chi connectivity index (χ2v) is 5.74. The number of hydrogen-bond donors (Lipinski definition) is 1. The summed E-state index contributed by atoms with van der Waals surface area (Å²) in [5.41, 5.74) is 1.12. The molecule has 0 amide bonds. The monoisotopic (exact) mass is 271 g/mol. The van der Waals surface area contributed by atoms with E-state index in [0.29, 0.717) is 12.0 Å². The Hall–Kier alpha value is -0.240. The minimum Gasteiger partial charge on any atom is -0.317 e. The number of halogens is 2. The molecule has 0 heterocycles. The van der Waals surface area contributed by atoms with Gasteiger partial charge in [-0.3, -0.25) is 0 Å². The number of benzene rings is 1. The summed E-state index contributed by atoms with van der Waals surface area (Å²) in [6, 6.07) is 6.43. The molecule has 1 aromatic carbocycles. The molecule has 0 aliphatic heterocycles. The zero-order chi connectivity index (χ0) is 12.3. The highest BCUT2D eigenvalue weighted by atomic mass is 35.5. The fourth-order valence-electron chi connectivity index (χ4n) is 2.75. The quantitative estimate of drug-likeness (QED) is 0.864. The van der Waals surface area contributed by atoms with Crippen molar-refractivity contribution < 1.29 is 0 Å². The van der Waals surface area contributed by atoms with Crippen molar-refractivity contribution in [2.45, 2.75) is 38.1 Å². The van der Waals surface area contributed by atoms with Gasteiger partial charge in [0.2, 0.25) is 0 Å². The van der Waals surface area contributed by atoms with E-state index in [-0.39, 0.29) is 0 Å². The first-order valence-corrected chi connectivity index (χ1v) is 7.06. The van der Waals surface area contributed by atoms with Gasteiger partial charge in [0, 0.05) is 16.1 Å². The van der Waals surface area contributed by atoms with Gasteiger partial charge in [-0.05, 0) is 49.9 Å². The molecule has 2 unspecified atom stereocenters. The predicted octanol–water partition coefficient (Wildman–Crippen LogP) is 4.31. The topological polar surface area (TPSA) is 12.0 Å². The fraction of sp³-hybridized carbons (Fsp3) is 0.571. The van der Waals surface area contributed by atoms with Crippen LogP contribution in [0.4, 0.5) is 0 Å². The lowest BCUT2D eigenvalue weighted by Gasteiger charge is -2.29. The second-order valence-electron chi connectivity index (χ2n) is 4.92. The van der Waals surface area contributed by atoms with Gasteiger partial charge in [0.25, 0.3) is 0 Å². The Kier molecular flexibility index (Phi) is 4.72. The summed E-state index contributed by atoms with van der Waals surface area (Å²) in [4.78, 5) is 0. The van der Waals surface area contributed by atoms with Crippen LogP contribution in [0.5, 0.6) is 0 Å². The van der Waals surface area contributed by atoms with E-state index >= 15 is 0 Å². The van der Waals surface area contributed by atoms with E-state index in [1.807, 2.05) is 18.2 Å². The van der Waals surface area contributed by atoms with Crippen LogP contribution in [0.1, 0.15) is 31.2 Å². The van der Waals surface area contributed by atoms with Crippen molar-refractivity contribution in [3.63, 3.8) is 0 Å². The number of hydrogen-bond acceptors (Lipinski definition) is 1. The Labute approximate surface area is 114 Å². The summed E-state index contributed by atoms with van der Waals surface area (Å²) in [6.07, 6.45) is 6.13. The largest absolute Gasteiger partial charge is 0.317 e. The van der Waals surface area contributed by atoms with Gasteiger partial charge in [-0.2, -0.15) is 0 Å². The summed E-state index contributed by atoms with van der Waals surface area (Å²) in [5, 5.41) is 5.00. The second kappa shape index (κ2) is 6.08. The van der Waals surface area contributed by atoms with Crippen LogP contribution in [0.3, 0.4) is 0 Å². The van der Waals surface area contributed by atoms with Crippen molar-refractivity contribution in [3.05, 3.63) is 33.8 Å². The van der Waals surface area contributed by atoms with E-state index in [1.54, 1.807) is 0 Å². The van der Waals surface area contributed by atoms with Crippen LogP contribution in [-0.4, -0.2) is 13.1 Å². The Balaban J connectivity index is 2.05. The lowest BCUT2D eigenvalue weighted by molar-refractivity contribution is 0.294. The molecule has 1 aliphatic rings. The molecule has 1 fully saturated rings. The molecule has 2 atom stereocenters. The van der Waals surface area contributed by atoms with E-state index in [4.69, 9.17) is 23.2 Å². The molecule has 1 aliphatic carbocycles. The summed E-state index contributed by atoms with van der Waals surface area (Å²) < 4.78 is 0. The Morgan fingerprint density at radius 2 is 1.94 bits per heavy atom. The average molecular weight is 272 g/mol. The van der Waals surface area contributed by atoms with Gasteiger partial charge in [0.15, 0.2) is 0 Å². The van der Waals surface area contributed by atoms with Crippen LogP contribution >= 0.6 is 23.2 Å². The lowest BCUT2D eigenvalue weighted by Crippen LogP contribution is -2.32. The summed E-state index contributed by atoms with van der Waals surface area (Å²) in [7, 11) is 2.05. The first-order chi connectivity index (χ1) is 8.20. The Bertz CT molecular complexity index is 358. The maximum atomic E-state index is 6.22. The number of nitrogens with one attached hydrogen (secondary N) is 1. The average Bonchev–Trinajstić information content (AvgIpc) is 2.34. The van der Waals surface area contributed by atoms with Gasteiger partial charge in [-0.25, -0.2) is 0 Å². The zero-order valence-corrected chi connectivity index (χ0v) is 11.7. The van der Waals surface area contributed by atoms with Gasteiger partial charge in [0.1, 0.15) is 0 Å². The lowest BCUT2D eigenvalue weighted by atomic mass is 9.82. The van der Waals surface area contributed by atoms with E-state index in [2.05, 4.69) is 12.4 Å². The maximum Gasteiger partial charge on any atom is 0.0452 e. The van der Waals surface area contributed by atoms with Crippen LogP contribution in [0, 0.1) is 5.92 Å². The normalized spacial score (nSPS) is 24.9. The number of rotatable bonds is 3. The molecule has 94 valence electrons. The van der Waals surface area contributed by atoms with E-state index in [1.165, 1.54) is 25.7 Å². The smallest absolute Gasteiger partial charge is 0.0452 e. The van der Waals surface area contributed by atoms with Crippen molar-refractivity contribution in [2.24, 2.45) is 5.92 Å². The molecule has 0 spiro atoms. The minimum atomic E-state index is 0.662. The molecule has 1 N–H and O–H groups in total. The van der Waals surface area contributed by atoms with Crippen molar-refractivity contribution in [1.82, 2.24) is 5.32 Å². The molecule has 0 aromatic heterocycles. The van der Waals surface area contributed by atoms with Gasteiger partial charge in [0.05, 0.1) is 0 Å². The van der Waals surface area contributed by atoms with E-state index < -0.39 is 0 Å². The van der Waals surface area contributed by atoms with Gasteiger partial charge in [-0.15, -0.1) is 0 Å². The summed E-state index contributed by atoms with van der Waals surface area (Å²) >= 11 is 12.4. The Morgan fingerprint density at radius 3 is 2.59 bits per heavy atom. The molecule has 0 saturated heterocycles. The molecule has 3 heteroatoms. The third kappa shape index (κ3) is 3.37. The van der Waals surface area contributed by atoms with E-state index in [0.717, 1.165) is 22.0 Å². The molecular weight excluding hydrogens is 253 g/mol. The minimum absolute atomic E-state index is 0.662. The third-order valence-corrected chi connectivity index (χ3v) is 4.45. The standard InChI is InChI=1S/C14H19Cl2N/c1-17-11-5-2-4-10(8-11)9-12-13(15)6-3-7-14(12)16/h3,6-7,10-11,17H,2,4-5,8-9H2,1H3. The van der Waals surface area contributed by atoms with Gasteiger partial charge >= 0.3 is 0 Å². The first-order valence-electron chi connectivity index (χ1n) is 6.31. The first kappa shape index (κ1) is 13.2. The Morgan fingerprint density at radius 1 is 1.24 bits per heavy atom.